The number of rotatable bonds is 8. The van der Waals surface area contributed by atoms with Gasteiger partial charge in [0, 0.05) is 18.5 Å². The number of hydrogen-bond acceptors (Lipinski definition) is 5. The molecule has 1 unspecified atom stereocenters. The molecule has 2 heterocycles. The van der Waals surface area contributed by atoms with Gasteiger partial charge in [0.25, 0.3) is 0 Å². The lowest BCUT2D eigenvalue weighted by Gasteiger charge is -2.21. The van der Waals surface area contributed by atoms with E-state index >= 15 is 0 Å². The van der Waals surface area contributed by atoms with E-state index in [0.29, 0.717) is 18.1 Å². The number of amides is 1. The summed E-state index contributed by atoms with van der Waals surface area (Å²) in [7, 11) is 1.63. The van der Waals surface area contributed by atoms with E-state index in [0.717, 1.165) is 43.5 Å². The molecule has 1 fully saturated rings. The van der Waals surface area contributed by atoms with Gasteiger partial charge in [-0.3, -0.25) is 4.79 Å². The van der Waals surface area contributed by atoms with Crippen LogP contribution in [0.3, 0.4) is 0 Å². The number of unbranched alkanes of at least 4 members (excludes halogenated alkanes) is 3. The number of benzene rings is 1. The number of methoxy groups -OCH3 is 1. The van der Waals surface area contributed by atoms with Gasteiger partial charge in [0.05, 0.1) is 7.11 Å². The minimum Gasteiger partial charge on any atom is -0.497 e. The third-order valence-electron chi connectivity index (χ3n) is 4.87. The Labute approximate surface area is 154 Å². The summed E-state index contributed by atoms with van der Waals surface area (Å²) < 4.78 is 10.8. The molecule has 6 nitrogen and oxygen atoms in total. The maximum absolute atomic E-state index is 12.6. The standard InChI is InChI=1S/C20H27N3O3/c1-3-4-5-6-12-18(24)23-13-8-11-17(23)20-21-19(22-26-20)15-9-7-10-16(14-15)25-2/h7,9-10,14,17H,3-6,8,11-13H2,1-2H3. The third-order valence-corrected chi connectivity index (χ3v) is 4.87. The van der Waals surface area contributed by atoms with E-state index < -0.39 is 0 Å². The van der Waals surface area contributed by atoms with E-state index in [1.165, 1.54) is 12.8 Å². The van der Waals surface area contributed by atoms with E-state index in [-0.39, 0.29) is 11.9 Å². The first kappa shape index (κ1) is 18.4. The molecule has 0 radical (unpaired) electrons. The first-order valence-corrected chi connectivity index (χ1v) is 9.50. The van der Waals surface area contributed by atoms with Gasteiger partial charge in [-0.2, -0.15) is 4.98 Å². The highest BCUT2D eigenvalue weighted by molar-refractivity contribution is 5.76. The zero-order chi connectivity index (χ0) is 18.4. The van der Waals surface area contributed by atoms with Crippen LogP contribution in [-0.2, 0) is 4.79 Å². The number of likely N-dealkylation sites (tertiary alicyclic amines) is 1. The highest BCUT2D eigenvalue weighted by Gasteiger charge is 2.33. The zero-order valence-corrected chi connectivity index (χ0v) is 15.6. The van der Waals surface area contributed by atoms with Gasteiger partial charge in [0.2, 0.25) is 17.6 Å². The quantitative estimate of drug-likeness (QED) is 0.656. The highest BCUT2D eigenvalue weighted by Crippen LogP contribution is 2.33. The summed E-state index contributed by atoms with van der Waals surface area (Å²) in [5.41, 5.74) is 0.842. The molecule has 0 N–H and O–H groups in total. The topological polar surface area (TPSA) is 68.5 Å². The Morgan fingerprint density at radius 3 is 3.04 bits per heavy atom. The number of carbonyl (C=O) groups is 1. The molecule has 2 aromatic rings. The summed E-state index contributed by atoms with van der Waals surface area (Å²) in [5, 5.41) is 4.11. The minimum absolute atomic E-state index is 0.0967. The van der Waals surface area contributed by atoms with Gasteiger partial charge in [-0.25, -0.2) is 0 Å². The first-order valence-electron chi connectivity index (χ1n) is 9.50. The lowest BCUT2D eigenvalue weighted by Crippen LogP contribution is -2.30. The van der Waals surface area contributed by atoms with Crippen LogP contribution < -0.4 is 4.74 Å². The van der Waals surface area contributed by atoms with Crippen LogP contribution in [0.4, 0.5) is 0 Å². The molecule has 1 saturated heterocycles. The van der Waals surface area contributed by atoms with Crippen LogP contribution in [0.15, 0.2) is 28.8 Å². The zero-order valence-electron chi connectivity index (χ0n) is 15.6. The van der Waals surface area contributed by atoms with Gasteiger partial charge in [0.15, 0.2) is 0 Å². The fourth-order valence-electron chi connectivity index (χ4n) is 3.42. The van der Waals surface area contributed by atoms with Crippen molar-refractivity contribution >= 4 is 5.91 Å². The third kappa shape index (κ3) is 4.23. The van der Waals surface area contributed by atoms with E-state index in [2.05, 4.69) is 17.1 Å². The maximum Gasteiger partial charge on any atom is 0.249 e. The van der Waals surface area contributed by atoms with Crippen molar-refractivity contribution in [3.63, 3.8) is 0 Å². The Hall–Kier alpha value is -2.37. The second-order valence-corrected chi connectivity index (χ2v) is 6.74. The molecule has 1 aliphatic heterocycles. The molecule has 1 atom stereocenters. The fourth-order valence-corrected chi connectivity index (χ4v) is 3.42. The van der Waals surface area contributed by atoms with Crippen LogP contribution >= 0.6 is 0 Å². The molecule has 140 valence electrons. The number of hydrogen-bond donors (Lipinski definition) is 0. The molecule has 0 bridgehead atoms. The number of nitrogens with zero attached hydrogens (tertiary/aromatic N) is 3. The molecule has 6 heteroatoms. The van der Waals surface area contributed by atoms with Crippen molar-refractivity contribution in [3.05, 3.63) is 30.2 Å². The number of carbonyl (C=O) groups excluding carboxylic acids is 1. The van der Waals surface area contributed by atoms with Gasteiger partial charge in [-0.1, -0.05) is 43.5 Å². The van der Waals surface area contributed by atoms with Crippen LogP contribution in [0.5, 0.6) is 5.75 Å². The smallest absolute Gasteiger partial charge is 0.249 e. The van der Waals surface area contributed by atoms with Crippen LogP contribution in [0.1, 0.15) is 63.8 Å². The molecule has 0 saturated carbocycles. The summed E-state index contributed by atoms with van der Waals surface area (Å²) in [6, 6.07) is 7.47. The van der Waals surface area contributed by atoms with E-state index in [9.17, 15) is 4.79 Å². The summed E-state index contributed by atoms with van der Waals surface area (Å²) in [5.74, 6) is 2.01. The van der Waals surface area contributed by atoms with E-state index in [1.807, 2.05) is 29.2 Å². The van der Waals surface area contributed by atoms with Crippen molar-refractivity contribution in [2.45, 2.75) is 57.9 Å². The van der Waals surface area contributed by atoms with Crippen LogP contribution in [0.25, 0.3) is 11.4 Å². The second-order valence-electron chi connectivity index (χ2n) is 6.74. The van der Waals surface area contributed by atoms with Gasteiger partial charge in [0.1, 0.15) is 11.8 Å². The average molecular weight is 357 g/mol. The maximum atomic E-state index is 12.6. The molecule has 1 aromatic carbocycles. The minimum atomic E-state index is -0.0967. The van der Waals surface area contributed by atoms with Crippen LogP contribution in [0.2, 0.25) is 0 Å². The van der Waals surface area contributed by atoms with Crippen LogP contribution in [0, 0.1) is 0 Å². The molecule has 1 aromatic heterocycles. The van der Waals surface area contributed by atoms with Gasteiger partial charge in [-0.15, -0.1) is 0 Å². The summed E-state index contributed by atoms with van der Waals surface area (Å²) in [6.07, 6.45) is 6.88. The van der Waals surface area contributed by atoms with E-state index in [4.69, 9.17) is 9.26 Å². The lowest BCUT2D eigenvalue weighted by atomic mass is 10.1. The molecular formula is C20H27N3O3. The summed E-state index contributed by atoms with van der Waals surface area (Å²) >= 11 is 0. The molecule has 1 aliphatic rings. The van der Waals surface area contributed by atoms with Crippen molar-refractivity contribution in [3.8, 4) is 17.1 Å². The first-order chi connectivity index (χ1) is 12.7. The Morgan fingerprint density at radius 1 is 1.35 bits per heavy atom. The van der Waals surface area contributed by atoms with Crippen molar-refractivity contribution in [2.75, 3.05) is 13.7 Å². The lowest BCUT2D eigenvalue weighted by molar-refractivity contribution is -0.132. The van der Waals surface area contributed by atoms with Gasteiger partial charge >= 0.3 is 0 Å². The van der Waals surface area contributed by atoms with Gasteiger partial charge < -0.3 is 14.2 Å². The predicted octanol–water partition coefficient (Wildman–Crippen LogP) is 4.38. The van der Waals surface area contributed by atoms with Crippen molar-refractivity contribution in [2.24, 2.45) is 0 Å². The van der Waals surface area contributed by atoms with E-state index in [1.54, 1.807) is 7.11 Å². The second kappa shape index (κ2) is 8.83. The Kier molecular flexibility index (Phi) is 6.26. The number of aromatic nitrogens is 2. The fraction of sp³-hybridized carbons (Fsp3) is 0.550. The number of ether oxygens (including phenoxy) is 1. The molecule has 26 heavy (non-hydrogen) atoms. The van der Waals surface area contributed by atoms with Crippen LogP contribution in [-0.4, -0.2) is 34.6 Å². The summed E-state index contributed by atoms with van der Waals surface area (Å²) in [6.45, 7) is 2.95. The Balaban J connectivity index is 1.68. The molecule has 3 rings (SSSR count). The van der Waals surface area contributed by atoms with Crippen molar-refractivity contribution < 1.29 is 14.1 Å². The van der Waals surface area contributed by atoms with Crippen molar-refractivity contribution in [1.29, 1.82) is 0 Å². The molecular weight excluding hydrogens is 330 g/mol. The Bertz CT molecular complexity index is 729. The molecule has 0 spiro atoms. The molecule has 0 aliphatic carbocycles. The predicted molar refractivity (Wildman–Crippen MR) is 98.7 cm³/mol. The largest absolute Gasteiger partial charge is 0.497 e. The monoisotopic (exact) mass is 357 g/mol. The average Bonchev–Trinajstić information content (AvgIpc) is 3.34. The Morgan fingerprint density at radius 2 is 2.23 bits per heavy atom. The normalized spacial score (nSPS) is 16.8. The van der Waals surface area contributed by atoms with Crippen molar-refractivity contribution in [1.82, 2.24) is 15.0 Å². The summed E-state index contributed by atoms with van der Waals surface area (Å²) in [4.78, 5) is 19.0. The SMILES string of the molecule is CCCCCCC(=O)N1CCCC1c1nc(-c2cccc(OC)c2)no1. The van der Waals surface area contributed by atoms with Gasteiger partial charge in [-0.05, 0) is 31.4 Å². The molecule has 1 amide bonds. The highest BCUT2D eigenvalue weighted by atomic mass is 16.5.